The van der Waals surface area contributed by atoms with Crippen molar-refractivity contribution in [3.05, 3.63) is 78.1 Å². The molecule has 0 saturated carbocycles. The average molecular weight is 361 g/mol. The number of amides is 1. The Labute approximate surface area is 142 Å². The number of thiophene rings is 1. The first-order chi connectivity index (χ1) is 11.5. The molecule has 7 heteroatoms. The second-order valence-electron chi connectivity index (χ2n) is 4.87. The van der Waals surface area contributed by atoms with Gasteiger partial charge in [-0.3, -0.25) is 4.79 Å². The van der Waals surface area contributed by atoms with Gasteiger partial charge in [0.05, 0.1) is 15.5 Å². The van der Waals surface area contributed by atoms with E-state index < -0.39 is 21.6 Å². The van der Waals surface area contributed by atoms with E-state index in [0.717, 1.165) is 11.3 Å². The molecule has 0 unspecified atom stereocenters. The average Bonchev–Trinajstić information content (AvgIpc) is 3.05. The Kier molecular flexibility index (Phi) is 4.46. The number of nitrogens with one attached hydrogen (secondary N) is 1. The summed E-state index contributed by atoms with van der Waals surface area (Å²) < 4.78 is 38.7. The number of benzene rings is 2. The summed E-state index contributed by atoms with van der Waals surface area (Å²) in [6.45, 7) is 0. The third-order valence-electron chi connectivity index (χ3n) is 3.25. The van der Waals surface area contributed by atoms with Gasteiger partial charge in [0.15, 0.2) is 0 Å². The van der Waals surface area contributed by atoms with Gasteiger partial charge in [-0.1, -0.05) is 30.3 Å². The normalized spacial score (nSPS) is 11.2. The van der Waals surface area contributed by atoms with Crippen LogP contribution in [0.5, 0.6) is 0 Å². The van der Waals surface area contributed by atoms with Crippen molar-refractivity contribution in [2.75, 3.05) is 5.32 Å². The zero-order chi connectivity index (χ0) is 17.2. The van der Waals surface area contributed by atoms with Gasteiger partial charge in [0.1, 0.15) is 10.0 Å². The summed E-state index contributed by atoms with van der Waals surface area (Å²) in [4.78, 5) is 12.2. The standard InChI is InChI=1S/C17H12FNO3S2/c18-14-9-5-4-8-13(14)17(20)19-15-10-11-16(23-15)24(21,22)12-6-2-1-3-7-12/h1-11H,(H,19,20). The largest absolute Gasteiger partial charge is 0.313 e. The first-order valence-corrected chi connectivity index (χ1v) is 9.24. The van der Waals surface area contributed by atoms with Crippen molar-refractivity contribution in [2.45, 2.75) is 9.10 Å². The van der Waals surface area contributed by atoms with Crippen molar-refractivity contribution in [1.29, 1.82) is 0 Å². The summed E-state index contributed by atoms with van der Waals surface area (Å²) >= 11 is 0.921. The van der Waals surface area contributed by atoms with Gasteiger partial charge in [-0.15, -0.1) is 11.3 Å². The summed E-state index contributed by atoms with van der Waals surface area (Å²) in [5.41, 5.74) is -0.0987. The second kappa shape index (κ2) is 6.54. The van der Waals surface area contributed by atoms with Crippen molar-refractivity contribution < 1.29 is 17.6 Å². The first-order valence-electron chi connectivity index (χ1n) is 6.94. The van der Waals surface area contributed by atoms with E-state index >= 15 is 0 Å². The number of sulfone groups is 1. The molecular weight excluding hydrogens is 349 g/mol. The number of carbonyl (C=O) groups is 1. The van der Waals surface area contributed by atoms with Crippen LogP contribution in [0.25, 0.3) is 0 Å². The Morgan fingerprint density at radius 2 is 1.58 bits per heavy atom. The molecule has 0 saturated heterocycles. The number of rotatable bonds is 4. The molecule has 0 bridgehead atoms. The topological polar surface area (TPSA) is 63.2 Å². The van der Waals surface area contributed by atoms with Crippen molar-refractivity contribution >= 4 is 32.1 Å². The predicted molar refractivity (Wildman–Crippen MR) is 90.6 cm³/mol. The molecule has 2 aromatic carbocycles. The third kappa shape index (κ3) is 3.22. The minimum absolute atomic E-state index is 0.0987. The van der Waals surface area contributed by atoms with E-state index in [2.05, 4.69) is 5.32 Å². The van der Waals surface area contributed by atoms with Gasteiger partial charge in [-0.2, -0.15) is 0 Å². The van der Waals surface area contributed by atoms with Crippen LogP contribution in [-0.4, -0.2) is 14.3 Å². The summed E-state index contributed by atoms with van der Waals surface area (Å²) in [5, 5.41) is 2.85. The van der Waals surface area contributed by atoms with Crippen LogP contribution >= 0.6 is 11.3 Å². The van der Waals surface area contributed by atoms with Gasteiger partial charge in [-0.05, 0) is 36.4 Å². The maximum atomic E-state index is 13.6. The minimum Gasteiger partial charge on any atom is -0.313 e. The van der Waals surface area contributed by atoms with Gasteiger partial charge in [0.25, 0.3) is 5.91 Å². The highest BCUT2D eigenvalue weighted by Gasteiger charge is 2.20. The van der Waals surface area contributed by atoms with Gasteiger partial charge >= 0.3 is 0 Å². The highest BCUT2D eigenvalue weighted by molar-refractivity contribution is 7.93. The van der Waals surface area contributed by atoms with E-state index in [4.69, 9.17) is 0 Å². The van der Waals surface area contributed by atoms with Crippen LogP contribution in [0.1, 0.15) is 10.4 Å². The molecule has 1 heterocycles. The minimum atomic E-state index is -3.63. The van der Waals surface area contributed by atoms with E-state index in [0.29, 0.717) is 5.00 Å². The van der Waals surface area contributed by atoms with E-state index in [1.165, 1.54) is 42.5 Å². The maximum Gasteiger partial charge on any atom is 0.259 e. The smallest absolute Gasteiger partial charge is 0.259 e. The molecular formula is C17H12FNO3S2. The monoisotopic (exact) mass is 361 g/mol. The van der Waals surface area contributed by atoms with Crippen LogP contribution in [0.3, 0.4) is 0 Å². The Bertz CT molecular complexity index is 982. The van der Waals surface area contributed by atoms with Crippen LogP contribution in [0.2, 0.25) is 0 Å². The molecule has 0 spiro atoms. The number of hydrogen-bond donors (Lipinski definition) is 1. The zero-order valence-electron chi connectivity index (χ0n) is 12.3. The summed E-state index contributed by atoms with van der Waals surface area (Å²) in [5.74, 6) is -1.26. The van der Waals surface area contributed by atoms with Crippen molar-refractivity contribution in [3.8, 4) is 0 Å². The van der Waals surface area contributed by atoms with Gasteiger partial charge in [0, 0.05) is 0 Å². The predicted octanol–water partition coefficient (Wildman–Crippen LogP) is 3.97. The molecule has 0 atom stereocenters. The molecule has 1 N–H and O–H groups in total. The van der Waals surface area contributed by atoms with Gasteiger partial charge < -0.3 is 5.32 Å². The first kappa shape index (κ1) is 16.4. The van der Waals surface area contributed by atoms with Gasteiger partial charge in [-0.25, -0.2) is 12.8 Å². The fourth-order valence-corrected chi connectivity index (χ4v) is 4.70. The highest BCUT2D eigenvalue weighted by Crippen LogP contribution is 2.31. The molecule has 3 aromatic rings. The van der Waals surface area contributed by atoms with Crippen LogP contribution < -0.4 is 5.32 Å². The van der Waals surface area contributed by atoms with Crippen LogP contribution in [0.4, 0.5) is 9.39 Å². The van der Waals surface area contributed by atoms with E-state index in [1.54, 1.807) is 24.3 Å². The lowest BCUT2D eigenvalue weighted by atomic mass is 10.2. The van der Waals surface area contributed by atoms with Crippen LogP contribution in [0, 0.1) is 5.82 Å². The molecule has 1 amide bonds. The number of halogens is 1. The third-order valence-corrected chi connectivity index (χ3v) is 6.52. The van der Waals surface area contributed by atoms with E-state index in [-0.39, 0.29) is 14.7 Å². The molecule has 24 heavy (non-hydrogen) atoms. The Morgan fingerprint density at radius 3 is 2.29 bits per heavy atom. The van der Waals surface area contributed by atoms with Crippen molar-refractivity contribution in [3.63, 3.8) is 0 Å². The van der Waals surface area contributed by atoms with Crippen molar-refractivity contribution in [2.24, 2.45) is 0 Å². The van der Waals surface area contributed by atoms with E-state index in [1.807, 2.05) is 0 Å². The molecule has 0 aliphatic carbocycles. The molecule has 1 aromatic heterocycles. The lowest BCUT2D eigenvalue weighted by Gasteiger charge is -2.03. The Morgan fingerprint density at radius 1 is 0.917 bits per heavy atom. The molecule has 0 aliphatic heterocycles. The molecule has 4 nitrogen and oxygen atoms in total. The highest BCUT2D eigenvalue weighted by atomic mass is 32.2. The number of hydrogen-bond acceptors (Lipinski definition) is 4. The summed E-state index contributed by atoms with van der Waals surface area (Å²) in [6, 6.07) is 16.5. The van der Waals surface area contributed by atoms with Crippen LogP contribution in [-0.2, 0) is 9.84 Å². The van der Waals surface area contributed by atoms with E-state index in [9.17, 15) is 17.6 Å². The molecule has 0 radical (unpaired) electrons. The van der Waals surface area contributed by atoms with Gasteiger partial charge in [0.2, 0.25) is 9.84 Å². The molecule has 0 aliphatic rings. The SMILES string of the molecule is O=C(Nc1ccc(S(=O)(=O)c2ccccc2)s1)c1ccccc1F. The zero-order valence-corrected chi connectivity index (χ0v) is 13.9. The number of carbonyl (C=O) groups excluding carboxylic acids is 1. The van der Waals surface area contributed by atoms with Crippen molar-refractivity contribution in [1.82, 2.24) is 0 Å². The number of anilines is 1. The fraction of sp³-hybridized carbons (Fsp3) is 0. The Balaban J connectivity index is 1.84. The molecule has 122 valence electrons. The summed E-state index contributed by atoms with van der Waals surface area (Å²) in [6.07, 6.45) is 0. The quantitative estimate of drug-likeness (QED) is 0.765. The lowest BCUT2D eigenvalue weighted by molar-refractivity contribution is 0.102. The summed E-state index contributed by atoms with van der Waals surface area (Å²) in [7, 11) is -3.63. The Hall–Kier alpha value is -2.51. The fourth-order valence-electron chi connectivity index (χ4n) is 2.07. The lowest BCUT2D eigenvalue weighted by Crippen LogP contribution is -2.12. The maximum absolute atomic E-state index is 13.6. The van der Waals surface area contributed by atoms with Crippen LogP contribution in [0.15, 0.2) is 75.8 Å². The molecule has 0 fully saturated rings. The second-order valence-corrected chi connectivity index (χ2v) is 8.13. The molecule has 3 rings (SSSR count).